The standard InChI is InChI=1S/C26H30N2O5S/c1-19-5-7-22(8-6-19)28(34(30,31)25-11-9-23(32-4)10-12-25)18-26(29)27-13-14-33-24-16-20(2)15-21(3)17-24/h5-12,15-17H,13-14,18H2,1-4H3,(H,27,29). The van der Waals surface area contributed by atoms with Crippen molar-refractivity contribution in [1.29, 1.82) is 0 Å². The molecule has 0 aliphatic rings. The Balaban J connectivity index is 1.70. The number of ether oxygens (including phenoxy) is 2. The van der Waals surface area contributed by atoms with E-state index in [0.29, 0.717) is 11.4 Å². The Morgan fingerprint density at radius 1 is 0.853 bits per heavy atom. The molecule has 8 heteroatoms. The molecule has 34 heavy (non-hydrogen) atoms. The van der Waals surface area contributed by atoms with Gasteiger partial charge in [-0.2, -0.15) is 0 Å². The molecule has 0 saturated heterocycles. The summed E-state index contributed by atoms with van der Waals surface area (Å²) in [5.74, 6) is 0.846. The van der Waals surface area contributed by atoms with Gasteiger partial charge in [0.1, 0.15) is 24.7 Å². The van der Waals surface area contributed by atoms with Gasteiger partial charge in [-0.15, -0.1) is 0 Å². The number of anilines is 1. The average molecular weight is 483 g/mol. The molecule has 3 aromatic carbocycles. The second-order valence-electron chi connectivity index (χ2n) is 8.04. The number of methoxy groups -OCH3 is 1. The lowest BCUT2D eigenvalue weighted by Gasteiger charge is -2.24. The summed E-state index contributed by atoms with van der Waals surface area (Å²) in [5, 5.41) is 2.75. The van der Waals surface area contributed by atoms with Crippen molar-refractivity contribution in [3.63, 3.8) is 0 Å². The minimum Gasteiger partial charge on any atom is -0.497 e. The van der Waals surface area contributed by atoms with E-state index in [9.17, 15) is 13.2 Å². The molecule has 0 saturated carbocycles. The third kappa shape index (κ3) is 6.51. The Bertz CT molecular complexity index is 1200. The van der Waals surface area contributed by atoms with E-state index in [4.69, 9.17) is 9.47 Å². The van der Waals surface area contributed by atoms with E-state index >= 15 is 0 Å². The molecule has 0 radical (unpaired) electrons. The van der Waals surface area contributed by atoms with Crippen molar-refractivity contribution in [2.45, 2.75) is 25.7 Å². The number of benzene rings is 3. The van der Waals surface area contributed by atoms with Crippen molar-refractivity contribution >= 4 is 21.6 Å². The van der Waals surface area contributed by atoms with E-state index in [0.717, 1.165) is 26.7 Å². The minimum absolute atomic E-state index is 0.0693. The summed E-state index contributed by atoms with van der Waals surface area (Å²) in [4.78, 5) is 12.8. The number of carbonyl (C=O) groups is 1. The molecule has 1 amide bonds. The lowest BCUT2D eigenvalue weighted by Crippen LogP contribution is -2.41. The zero-order chi connectivity index (χ0) is 24.7. The van der Waals surface area contributed by atoms with Crippen LogP contribution in [0.2, 0.25) is 0 Å². The van der Waals surface area contributed by atoms with Crippen molar-refractivity contribution < 1.29 is 22.7 Å². The van der Waals surface area contributed by atoms with E-state index in [-0.39, 0.29) is 24.6 Å². The van der Waals surface area contributed by atoms with Crippen molar-refractivity contribution in [1.82, 2.24) is 5.32 Å². The normalized spacial score (nSPS) is 11.1. The number of nitrogens with zero attached hydrogens (tertiary/aromatic N) is 1. The molecule has 180 valence electrons. The van der Waals surface area contributed by atoms with Crippen LogP contribution in [0.3, 0.4) is 0 Å². The molecule has 0 aliphatic heterocycles. The molecule has 0 heterocycles. The monoisotopic (exact) mass is 482 g/mol. The number of aryl methyl sites for hydroxylation is 3. The molecule has 0 atom stereocenters. The van der Waals surface area contributed by atoms with E-state index < -0.39 is 15.9 Å². The van der Waals surface area contributed by atoms with Crippen LogP contribution < -0.4 is 19.1 Å². The highest BCUT2D eigenvalue weighted by Crippen LogP contribution is 2.25. The first kappa shape index (κ1) is 25.1. The smallest absolute Gasteiger partial charge is 0.264 e. The molecule has 7 nitrogen and oxygen atoms in total. The van der Waals surface area contributed by atoms with Gasteiger partial charge in [-0.1, -0.05) is 23.8 Å². The van der Waals surface area contributed by atoms with Crippen LogP contribution in [0.1, 0.15) is 16.7 Å². The van der Waals surface area contributed by atoms with E-state index in [2.05, 4.69) is 11.4 Å². The minimum atomic E-state index is -3.98. The van der Waals surface area contributed by atoms with Crippen molar-refractivity contribution in [2.75, 3.05) is 31.1 Å². The van der Waals surface area contributed by atoms with Gasteiger partial charge in [-0.3, -0.25) is 9.10 Å². The summed E-state index contributed by atoms with van der Waals surface area (Å²) in [5.41, 5.74) is 3.58. The van der Waals surface area contributed by atoms with E-state index in [1.54, 1.807) is 36.4 Å². The topological polar surface area (TPSA) is 84.9 Å². The highest BCUT2D eigenvalue weighted by molar-refractivity contribution is 7.92. The lowest BCUT2D eigenvalue weighted by molar-refractivity contribution is -0.119. The molecule has 0 aromatic heterocycles. The molecular formula is C26H30N2O5S. The fourth-order valence-electron chi connectivity index (χ4n) is 3.46. The number of hydrogen-bond acceptors (Lipinski definition) is 5. The fraction of sp³-hybridized carbons (Fsp3) is 0.269. The summed E-state index contributed by atoms with van der Waals surface area (Å²) in [7, 11) is -2.47. The predicted molar refractivity (Wildman–Crippen MR) is 133 cm³/mol. The van der Waals surface area contributed by atoms with Gasteiger partial charge in [-0.05, 0) is 80.4 Å². The second kappa shape index (κ2) is 11.1. The van der Waals surface area contributed by atoms with E-state index in [1.165, 1.54) is 19.2 Å². The molecule has 0 spiro atoms. The molecule has 0 unspecified atom stereocenters. The van der Waals surface area contributed by atoms with Crippen molar-refractivity contribution in [3.8, 4) is 11.5 Å². The zero-order valence-corrected chi connectivity index (χ0v) is 20.7. The summed E-state index contributed by atoms with van der Waals surface area (Å²) in [6.07, 6.45) is 0. The summed E-state index contributed by atoms with van der Waals surface area (Å²) in [6, 6.07) is 19.0. The first-order valence-electron chi connectivity index (χ1n) is 10.9. The van der Waals surface area contributed by atoms with Gasteiger partial charge >= 0.3 is 0 Å². The lowest BCUT2D eigenvalue weighted by atomic mass is 10.1. The van der Waals surface area contributed by atoms with Gasteiger partial charge < -0.3 is 14.8 Å². The van der Waals surface area contributed by atoms with Crippen LogP contribution in [-0.2, 0) is 14.8 Å². The fourth-order valence-corrected chi connectivity index (χ4v) is 4.88. The molecule has 0 aliphatic carbocycles. The van der Waals surface area contributed by atoms with E-state index in [1.807, 2.05) is 32.9 Å². The Morgan fingerprint density at radius 3 is 2.06 bits per heavy atom. The molecule has 3 aromatic rings. The highest BCUT2D eigenvalue weighted by Gasteiger charge is 2.27. The molecule has 0 bridgehead atoms. The van der Waals surface area contributed by atoms with Crippen LogP contribution in [0.25, 0.3) is 0 Å². The third-order valence-electron chi connectivity index (χ3n) is 5.14. The summed E-state index contributed by atoms with van der Waals surface area (Å²) < 4.78 is 38.8. The van der Waals surface area contributed by atoms with Gasteiger partial charge in [0.15, 0.2) is 0 Å². The Hall–Kier alpha value is -3.52. The van der Waals surface area contributed by atoms with Gasteiger partial charge in [-0.25, -0.2) is 8.42 Å². The van der Waals surface area contributed by atoms with Crippen LogP contribution in [0.4, 0.5) is 5.69 Å². The second-order valence-corrected chi connectivity index (χ2v) is 9.91. The van der Waals surface area contributed by atoms with Gasteiger partial charge in [0.25, 0.3) is 10.0 Å². The number of hydrogen-bond donors (Lipinski definition) is 1. The van der Waals surface area contributed by atoms with Gasteiger partial charge in [0.2, 0.25) is 5.91 Å². The predicted octanol–water partition coefficient (Wildman–Crippen LogP) is 4.01. The summed E-state index contributed by atoms with van der Waals surface area (Å²) in [6.45, 7) is 6.05. The first-order chi connectivity index (χ1) is 16.2. The Morgan fingerprint density at radius 2 is 1.47 bits per heavy atom. The summed E-state index contributed by atoms with van der Waals surface area (Å²) >= 11 is 0. The van der Waals surface area contributed by atoms with Crippen LogP contribution in [0, 0.1) is 20.8 Å². The number of carbonyl (C=O) groups excluding carboxylic acids is 1. The van der Waals surface area contributed by atoms with Crippen LogP contribution in [0.5, 0.6) is 11.5 Å². The number of nitrogens with one attached hydrogen (secondary N) is 1. The molecule has 3 rings (SSSR count). The number of sulfonamides is 1. The SMILES string of the molecule is COc1ccc(S(=O)(=O)N(CC(=O)NCCOc2cc(C)cc(C)c2)c2ccc(C)cc2)cc1. The largest absolute Gasteiger partial charge is 0.497 e. The van der Waals surface area contributed by atoms with Crippen LogP contribution in [-0.4, -0.2) is 41.1 Å². The van der Waals surface area contributed by atoms with Gasteiger partial charge in [0, 0.05) is 0 Å². The van der Waals surface area contributed by atoms with Gasteiger partial charge in [0.05, 0.1) is 24.2 Å². The quantitative estimate of drug-likeness (QED) is 0.442. The first-order valence-corrected chi connectivity index (χ1v) is 12.3. The maximum Gasteiger partial charge on any atom is 0.264 e. The van der Waals surface area contributed by atoms with Crippen molar-refractivity contribution in [2.24, 2.45) is 0 Å². The molecule has 0 fully saturated rings. The maximum absolute atomic E-state index is 13.4. The average Bonchev–Trinajstić information content (AvgIpc) is 2.80. The maximum atomic E-state index is 13.4. The Kier molecular flexibility index (Phi) is 8.17. The highest BCUT2D eigenvalue weighted by atomic mass is 32.2. The number of rotatable bonds is 10. The third-order valence-corrected chi connectivity index (χ3v) is 6.93. The van der Waals surface area contributed by atoms with Crippen molar-refractivity contribution in [3.05, 3.63) is 83.4 Å². The zero-order valence-electron chi connectivity index (χ0n) is 19.9. The van der Waals surface area contributed by atoms with Crippen LogP contribution >= 0.6 is 0 Å². The van der Waals surface area contributed by atoms with Crippen LogP contribution in [0.15, 0.2) is 71.6 Å². The molecular weight excluding hydrogens is 452 g/mol. The number of amides is 1. The molecule has 1 N–H and O–H groups in total. The Labute approximate surface area is 201 Å².